The molecule has 2 unspecified atom stereocenters. The van der Waals surface area contributed by atoms with Crippen molar-refractivity contribution in [3.8, 4) is 0 Å². The van der Waals surface area contributed by atoms with E-state index in [9.17, 15) is 14.7 Å². The molecule has 2 atom stereocenters. The van der Waals surface area contributed by atoms with Gasteiger partial charge in [0.2, 0.25) is 0 Å². The van der Waals surface area contributed by atoms with Gasteiger partial charge in [-0.25, -0.2) is 0 Å². The van der Waals surface area contributed by atoms with Crippen LogP contribution in [0.2, 0.25) is 0 Å². The second-order valence-electron chi connectivity index (χ2n) is 2.74. The Morgan fingerprint density at radius 3 is 2.33 bits per heavy atom. The number of aliphatic hydroxyl groups is 1. The van der Waals surface area contributed by atoms with Gasteiger partial charge in [-0.1, -0.05) is 6.92 Å². The summed E-state index contributed by atoms with van der Waals surface area (Å²) in [6, 6.07) is 0. The van der Waals surface area contributed by atoms with Crippen LogP contribution in [0.3, 0.4) is 0 Å². The van der Waals surface area contributed by atoms with E-state index in [0.29, 0.717) is 0 Å². The summed E-state index contributed by atoms with van der Waals surface area (Å²) in [6.45, 7) is 2.70. The summed E-state index contributed by atoms with van der Waals surface area (Å²) in [6.07, 6.45) is -1.23. The third-order valence-electron chi connectivity index (χ3n) is 1.73. The SMILES string of the molecule is COCC(=O)C(O)C(C)C(C)=O. The van der Waals surface area contributed by atoms with E-state index in [1.165, 1.54) is 21.0 Å². The van der Waals surface area contributed by atoms with E-state index in [1.54, 1.807) is 0 Å². The molecule has 0 radical (unpaired) electrons. The van der Waals surface area contributed by atoms with Crippen LogP contribution in [0.5, 0.6) is 0 Å². The topological polar surface area (TPSA) is 63.6 Å². The van der Waals surface area contributed by atoms with Crippen LogP contribution in [-0.2, 0) is 14.3 Å². The molecular weight excluding hydrogens is 160 g/mol. The molecule has 70 valence electrons. The zero-order valence-corrected chi connectivity index (χ0v) is 7.53. The molecule has 4 heteroatoms. The van der Waals surface area contributed by atoms with Crippen molar-refractivity contribution in [1.29, 1.82) is 0 Å². The molecule has 0 saturated carbocycles. The Bertz CT molecular complexity index is 176. The second-order valence-corrected chi connectivity index (χ2v) is 2.74. The molecule has 0 aliphatic heterocycles. The first-order valence-electron chi connectivity index (χ1n) is 3.70. The van der Waals surface area contributed by atoms with Crippen LogP contribution >= 0.6 is 0 Å². The summed E-state index contributed by atoms with van der Waals surface area (Å²) in [5, 5.41) is 9.24. The molecule has 0 heterocycles. The Balaban J connectivity index is 4.09. The van der Waals surface area contributed by atoms with Crippen molar-refractivity contribution in [1.82, 2.24) is 0 Å². The first-order chi connectivity index (χ1) is 5.50. The van der Waals surface area contributed by atoms with Crippen LogP contribution in [0.15, 0.2) is 0 Å². The summed E-state index contributed by atoms with van der Waals surface area (Å²) in [5.74, 6) is -1.31. The van der Waals surface area contributed by atoms with Gasteiger partial charge in [0.25, 0.3) is 0 Å². The summed E-state index contributed by atoms with van der Waals surface area (Å²) >= 11 is 0. The molecule has 0 rings (SSSR count). The molecule has 0 amide bonds. The van der Waals surface area contributed by atoms with Crippen molar-refractivity contribution in [2.45, 2.75) is 20.0 Å². The van der Waals surface area contributed by atoms with Crippen LogP contribution in [0.1, 0.15) is 13.8 Å². The van der Waals surface area contributed by atoms with Gasteiger partial charge in [-0.05, 0) is 6.92 Å². The van der Waals surface area contributed by atoms with Gasteiger partial charge in [0, 0.05) is 13.0 Å². The largest absolute Gasteiger partial charge is 0.384 e. The Kier molecular flexibility index (Phi) is 4.70. The van der Waals surface area contributed by atoms with E-state index in [1.807, 2.05) is 0 Å². The van der Waals surface area contributed by atoms with E-state index in [-0.39, 0.29) is 12.4 Å². The average molecular weight is 174 g/mol. The monoisotopic (exact) mass is 174 g/mol. The maximum atomic E-state index is 11.0. The molecule has 0 spiro atoms. The van der Waals surface area contributed by atoms with Gasteiger partial charge < -0.3 is 9.84 Å². The van der Waals surface area contributed by atoms with Crippen molar-refractivity contribution in [3.05, 3.63) is 0 Å². The van der Waals surface area contributed by atoms with Gasteiger partial charge in [0.1, 0.15) is 18.5 Å². The molecular formula is C8H14O4. The van der Waals surface area contributed by atoms with E-state index < -0.39 is 17.8 Å². The predicted octanol–water partition coefficient (Wildman–Crippen LogP) is -0.212. The quantitative estimate of drug-likeness (QED) is 0.626. The molecule has 12 heavy (non-hydrogen) atoms. The van der Waals surface area contributed by atoms with E-state index in [2.05, 4.69) is 4.74 Å². The molecule has 0 saturated heterocycles. The minimum atomic E-state index is -1.23. The average Bonchev–Trinajstić information content (AvgIpc) is 2.02. The standard InChI is InChI=1S/C8H14O4/c1-5(6(2)9)8(11)7(10)4-12-3/h5,8,11H,4H2,1-3H3. The number of hydrogen-bond donors (Lipinski definition) is 1. The highest BCUT2D eigenvalue weighted by Gasteiger charge is 2.24. The van der Waals surface area contributed by atoms with Crippen LogP contribution in [0.4, 0.5) is 0 Å². The van der Waals surface area contributed by atoms with Crippen LogP contribution in [0.25, 0.3) is 0 Å². The summed E-state index contributed by atoms with van der Waals surface area (Å²) in [7, 11) is 1.36. The van der Waals surface area contributed by atoms with Gasteiger partial charge in [0.05, 0.1) is 0 Å². The Morgan fingerprint density at radius 1 is 1.50 bits per heavy atom. The number of ketones is 2. The third kappa shape index (κ3) is 3.11. The van der Waals surface area contributed by atoms with Crippen molar-refractivity contribution < 1.29 is 19.4 Å². The number of rotatable bonds is 5. The van der Waals surface area contributed by atoms with Gasteiger partial charge in [0.15, 0.2) is 5.78 Å². The molecule has 0 aromatic heterocycles. The number of carbonyl (C=O) groups is 2. The lowest BCUT2D eigenvalue weighted by Gasteiger charge is -2.13. The van der Waals surface area contributed by atoms with E-state index in [0.717, 1.165) is 0 Å². The fourth-order valence-corrected chi connectivity index (χ4v) is 0.729. The predicted molar refractivity (Wildman–Crippen MR) is 42.7 cm³/mol. The highest BCUT2D eigenvalue weighted by atomic mass is 16.5. The van der Waals surface area contributed by atoms with E-state index in [4.69, 9.17) is 0 Å². The molecule has 0 aliphatic carbocycles. The number of methoxy groups -OCH3 is 1. The lowest BCUT2D eigenvalue weighted by Crippen LogP contribution is -2.34. The molecule has 0 fully saturated rings. The molecule has 0 aromatic rings. The van der Waals surface area contributed by atoms with E-state index >= 15 is 0 Å². The summed E-state index contributed by atoms with van der Waals surface area (Å²) in [5.41, 5.74) is 0. The highest BCUT2D eigenvalue weighted by Crippen LogP contribution is 2.05. The number of hydrogen-bond acceptors (Lipinski definition) is 4. The van der Waals surface area contributed by atoms with Crippen molar-refractivity contribution >= 4 is 11.6 Å². The minimum Gasteiger partial charge on any atom is -0.384 e. The summed E-state index contributed by atoms with van der Waals surface area (Å²) < 4.78 is 4.53. The first-order valence-corrected chi connectivity index (χ1v) is 3.70. The Hall–Kier alpha value is -0.740. The number of ether oxygens (including phenoxy) is 1. The number of Topliss-reactive ketones (excluding diaryl/α,β-unsaturated/α-hetero) is 2. The second kappa shape index (κ2) is 5.00. The van der Waals surface area contributed by atoms with Crippen LogP contribution in [-0.4, -0.2) is 36.5 Å². The maximum absolute atomic E-state index is 11.0. The zero-order valence-electron chi connectivity index (χ0n) is 7.53. The minimum absolute atomic E-state index is 0.154. The van der Waals surface area contributed by atoms with Crippen molar-refractivity contribution in [2.75, 3.05) is 13.7 Å². The molecule has 4 nitrogen and oxygen atoms in total. The molecule has 0 aliphatic rings. The molecule has 0 aromatic carbocycles. The normalized spacial score (nSPS) is 15.3. The number of aliphatic hydroxyl groups excluding tert-OH is 1. The lowest BCUT2D eigenvalue weighted by molar-refractivity contribution is -0.138. The van der Waals surface area contributed by atoms with Gasteiger partial charge in [-0.3, -0.25) is 9.59 Å². The summed E-state index contributed by atoms with van der Waals surface area (Å²) in [4.78, 5) is 21.7. The maximum Gasteiger partial charge on any atom is 0.187 e. The fraction of sp³-hybridized carbons (Fsp3) is 0.750. The highest BCUT2D eigenvalue weighted by molar-refractivity contribution is 5.90. The van der Waals surface area contributed by atoms with Gasteiger partial charge >= 0.3 is 0 Å². The first kappa shape index (κ1) is 11.3. The third-order valence-corrected chi connectivity index (χ3v) is 1.73. The lowest BCUT2D eigenvalue weighted by atomic mass is 9.98. The van der Waals surface area contributed by atoms with Crippen LogP contribution < -0.4 is 0 Å². The zero-order chi connectivity index (χ0) is 9.72. The molecule has 0 bridgehead atoms. The van der Waals surface area contributed by atoms with Gasteiger partial charge in [-0.2, -0.15) is 0 Å². The van der Waals surface area contributed by atoms with Crippen LogP contribution in [0, 0.1) is 5.92 Å². The Morgan fingerprint density at radius 2 is 2.00 bits per heavy atom. The Labute approximate surface area is 71.5 Å². The number of carbonyl (C=O) groups excluding carboxylic acids is 2. The smallest absolute Gasteiger partial charge is 0.187 e. The fourth-order valence-electron chi connectivity index (χ4n) is 0.729. The van der Waals surface area contributed by atoms with Crippen molar-refractivity contribution in [2.24, 2.45) is 5.92 Å². The van der Waals surface area contributed by atoms with Gasteiger partial charge in [-0.15, -0.1) is 0 Å². The molecule has 1 N–H and O–H groups in total. The van der Waals surface area contributed by atoms with Crippen molar-refractivity contribution in [3.63, 3.8) is 0 Å².